The zero-order valence-electron chi connectivity index (χ0n) is 13.3. The molecule has 1 N–H and O–H groups in total. The van der Waals surface area contributed by atoms with E-state index in [2.05, 4.69) is 10.3 Å². The van der Waals surface area contributed by atoms with Crippen LogP contribution in [0, 0.1) is 10.1 Å². The van der Waals surface area contributed by atoms with E-state index >= 15 is 0 Å². The maximum absolute atomic E-state index is 11.6. The number of nitro groups is 1. The largest absolute Gasteiger partial charge is 0.464 e. The molecular weight excluding hydrogens is 314 g/mol. The van der Waals surface area contributed by atoms with Crippen LogP contribution in [-0.4, -0.2) is 28.5 Å². The van der Waals surface area contributed by atoms with Crippen LogP contribution in [0.1, 0.15) is 13.8 Å². The Kier molecular flexibility index (Phi) is 5.67. The minimum Gasteiger partial charge on any atom is -0.464 e. The van der Waals surface area contributed by atoms with E-state index in [0.29, 0.717) is 18.0 Å². The van der Waals surface area contributed by atoms with Crippen LogP contribution in [0.3, 0.4) is 0 Å². The van der Waals surface area contributed by atoms with E-state index in [1.807, 2.05) is 0 Å². The summed E-state index contributed by atoms with van der Waals surface area (Å²) in [6.07, 6.45) is 1.42. The van der Waals surface area contributed by atoms with Crippen molar-refractivity contribution in [2.75, 3.05) is 11.9 Å². The van der Waals surface area contributed by atoms with Gasteiger partial charge < -0.3 is 14.8 Å². The van der Waals surface area contributed by atoms with E-state index in [1.165, 1.54) is 18.3 Å². The van der Waals surface area contributed by atoms with Gasteiger partial charge in [-0.2, -0.15) is 0 Å². The fourth-order valence-corrected chi connectivity index (χ4v) is 1.91. The van der Waals surface area contributed by atoms with Crippen molar-refractivity contribution in [3.8, 4) is 11.6 Å². The number of carbonyl (C=O) groups is 1. The number of carbonyl (C=O) groups excluding carboxylic acids is 1. The Morgan fingerprint density at radius 2 is 2.04 bits per heavy atom. The highest BCUT2D eigenvalue weighted by molar-refractivity contribution is 5.78. The minimum atomic E-state index is -0.556. The number of hydrogen-bond donors (Lipinski definition) is 1. The zero-order chi connectivity index (χ0) is 17.5. The predicted molar refractivity (Wildman–Crippen MR) is 87.1 cm³/mol. The molecule has 0 radical (unpaired) electrons. The SMILES string of the molecule is CCOC(=O)C(C)Nc1ccc(Oc2ncccc2[N+](=O)[O-])cc1. The van der Waals surface area contributed by atoms with Gasteiger partial charge in [0, 0.05) is 18.0 Å². The Balaban J connectivity index is 2.05. The van der Waals surface area contributed by atoms with E-state index in [4.69, 9.17) is 9.47 Å². The maximum Gasteiger partial charge on any atom is 0.331 e. The Bertz CT molecular complexity index is 718. The van der Waals surface area contributed by atoms with Crippen LogP contribution < -0.4 is 10.1 Å². The van der Waals surface area contributed by atoms with Crippen molar-refractivity contribution in [3.63, 3.8) is 0 Å². The number of rotatable bonds is 7. The molecule has 2 rings (SSSR count). The van der Waals surface area contributed by atoms with E-state index < -0.39 is 11.0 Å². The van der Waals surface area contributed by atoms with Crippen molar-refractivity contribution >= 4 is 17.3 Å². The van der Waals surface area contributed by atoms with Gasteiger partial charge in [-0.3, -0.25) is 10.1 Å². The first kappa shape index (κ1) is 17.2. The third-order valence-corrected chi connectivity index (χ3v) is 3.04. The van der Waals surface area contributed by atoms with E-state index in [0.717, 1.165) is 0 Å². The molecule has 0 aliphatic rings. The first-order valence-corrected chi connectivity index (χ1v) is 7.31. The molecule has 2 aromatic rings. The number of ether oxygens (including phenoxy) is 2. The summed E-state index contributed by atoms with van der Waals surface area (Å²) in [5.41, 5.74) is 0.481. The van der Waals surface area contributed by atoms with Gasteiger partial charge in [0.05, 0.1) is 11.5 Å². The fraction of sp³-hybridized carbons (Fsp3) is 0.250. The maximum atomic E-state index is 11.6. The summed E-state index contributed by atoms with van der Waals surface area (Å²) in [4.78, 5) is 25.8. The second-order valence-electron chi connectivity index (χ2n) is 4.83. The summed E-state index contributed by atoms with van der Waals surface area (Å²) in [7, 11) is 0. The molecule has 0 bridgehead atoms. The molecular formula is C16H17N3O5. The van der Waals surface area contributed by atoms with Crippen molar-refractivity contribution in [3.05, 3.63) is 52.7 Å². The molecule has 8 nitrogen and oxygen atoms in total. The number of anilines is 1. The lowest BCUT2D eigenvalue weighted by Gasteiger charge is -2.14. The molecule has 1 atom stereocenters. The summed E-state index contributed by atoms with van der Waals surface area (Å²) in [5.74, 6) is -0.0313. The molecule has 24 heavy (non-hydrogen) atoms. The summed E-state index contributed by atoms with van der Waals surface area (Å²) >= 11 is 0. The number of nitrogens with one attached hydrogen (secondary N) is 1. The third kappa shape index (κ3) is 4.42. The van der Waals surface area contributed by atoms with Crippen molar-refractivity contribution in [2.24, 2.45) is 0 Å². The van der Waals surface area contributed by atoms with Crippen LogP contribution >= 0.6 is 0 Å². The lowest BCUT2D eigenvalue weighted by molar-refractivity contribution is -0.386. The third-order valence-electron chi connectivity index (χ3n) is 3.04. The highest BCUT2D eigenvalue weighted by Crippen LogP contribution is 2.29. The molecule has 1 unspecified atom stereocenters. The molecule has 126 valence electrons. The van der Waals surface area contributed by atoms with Crippen LogP contribution in [-0.2, 0) is 9.53 Å². The second kappa shape index (κ2) is 7.91. The fourth-order valence-electron chi connectivity index (χ4n) is 1.91. The Morgan fingerprint density at radius 1 is 1.33 bits per heavy atom. The molecule has 0 saturated heterocycles. The van der Waals surface area contributed by atoms with Crippen LogP contribution in [0.4, 0.5) is 11.4 Å². The van der Waals surface area contributed by atoms with Gasteiger partial charge in [0.15, 0.2) is 0 Å². The number of hydrogen-bond acceptors (Lipinski definition) is 7. The molecule has 0 amide bonds. The monoisotopic (exact) mass is 331 g/mol. The predicted octanol–water partition coefficient (Wildman–Crippen LogP) is 3.15. The Morgan fingerprint density at radius 3 is 2.67 bits per heavy atom. The Hall–Kier alpha value is -3.16. The number of aromatic nitrogens is 1. The summed E-state index contributed by atoms with van der Waals surface area (Å²) in [6.45, 7) is 3.76. The first-order valence-electron chi connectivity index (χ1n) is 7.31. The topological polar surface area (TPSA) is 104 Å². The van der Waals surface area contributed by atoms with Gasteiger partial charge in [-0.15, -0.1) is 0 Å². The van der Waals surface area contributed by atoms with Crippen LogP contribution in [0.15, 0.2) is 42.6 Å². The van der Waals surface area contributed by atoms with Crippen LogP contribution in [0.25, 0.3) is 0 Å². The highest BCUT2D eigenvalue weighted by atomic mass is 16.6. The molecule has 0 fully saturated rings. The summed E-state index contributed by atoms with van der Waals surface area (Å²) in [5, 5.41) is 13.9. The number of esters is 1. The normalized spacial score (nSPS) is 11.4. The molecule has 0 saturated carbocycles. The summed E-state index contributed by atoms with van der Waals surface area (Å²) < 4.78 is 10.4. The lowest BCUT2D eigenvalue weighted by atomic mass is 10.2. The number of benzene rings is 1. The number of pyridine rings is 1. The quantitative estimate of drug-likeness (QED) is 0.472. The standard InChI is InChI=1S/C16H17N3O5/c1-3-23-16(20)11(2)18-12-6-8-13(9-7-12)24-15-14(19(21)22)5-4-10-17-15/h4-11,18H,3H2,1-2H3. The summed E-state index contributed by atoms with van der Waals surface area (Å²) in [6, 6.07) is 8.93. The van der Waals surface area contributed by atoms with Gasteiger partial charge in [0.1, 0.15) is 11.8 Å². The molecule has 1 aromatic heterocycles. The van der Waals surface area contributed by atoms with E-state index in [1.54, 1.807) is 38.1 Å². The average Bonchev–Trinajstić information content (AvgIpc) is 2.57. The van der Waals surface area contributed by atoms with Crippen molar-refractivity contribution < 1.29 is 19.2 Å². The molecule has 0 spiro atoms. The van der Waals surface area contributed by atoms with Crippen LogP contribution in [0.5, 0.6) is 11.6 Å². The van der Waals surface area contributed by atoms with Gasteiger partial charge >= 0.3 is 11.7 Å². The second-order valence-corrected chi connectivity index (χ2v) is 4.83. The lowest BCUT2D eigenvalue weighted by Crippen LogP contribution is -2.28. The van der Waals surface area contributed by atoms with E-state index in [9.17, 15) is 14.9 Å². The smallest absolute Gasteiger partial charge is 0.331 e. The minimum absolute atomic E-state index is 0.0805. The first-order chi connectivity index (χ1) is 11.5. The Labute approximate surface area is 138 Å². The molecule has 1 aromatic carbocycles. The van der Waals surface area contributed by atoms with Crippen molar-refractivity contribution in [1.82, 2.24) is 4.98 Å². The molecule has 1 heterocycles. The van der Waals surface area contributed by atoms with Gasteiger partial charge in [-0.25, -0.2) is 9.78 Å². The van der Waals surface area contributed by atoms with E-state index in [-0.39, 0.29) is 17.5 Å². The zero-order valence-corrected chi connectivity index (χ0v) is 13.3. The molecule has 0 aliphatic heterocycles. The van der Waals surface area contributed by atoms with Gasteiger partial charge in [-0.05, 0) is 44.2 Å². The highest BCUT2D eigenvalue weighted by Gasteiger charge is 2.17. The molecule has 0 aliphatic carbocycles. The van der Waals surface area contributed by atoms with Crippen LogP contribution in [0.2, 0.25) is 0 Å². The average molecular weight is 331 g/mol. The van der Waals surface area contributed by atoms with Gasteiger partial charge in [0.2, 0.25) is 0 Å². The molecule has 8 heteroatoms. The van der Waals surface area contributed by atoms with Crippen molar-refractivity contribution in [1.29, 1.82) is 0 Å². The van der Waals surface area contributed by atoms with Gasteiger partial charge in [-0.1, -0.05) is 0 Å². The van der Waals surface area contributed by atoms with Crippen molar-refractivity contribution in [2.45, 2.75) is 19.9 Å². The van der Waals surface area contributed by atoms with Gasteiger partial charge in [0.25, 0.3) is 5.88 Å². The number of nitrogens with zero attached hydrogens (tertiary/aromatic N) is 2.